The Morgan fingerprint density at radius 1 is 1.10 bits per heavy atom. The van der Waals surface area contributed by atoms with Gasteiger partial charge in [-0.25, -0.2) is 4.39 Å². The van der Waals surface area contributed by atoms with Gasteiger partial charge in [-0.15, -0.1) is 24.8 Å². The molecule has 2 aromatic rings. The molecule has 2 fully saturated rings. The van der Waals surface area contributed by atoms with E-state index in [2.05, 4.69) is 22.3 Å². The number of benzene rings is 2. The normalized spacial score (nSPS) is 21.6. The van der Waals surface area contributed by atoms with Crippen LogP contribution < -0.4 is 5.32 Å². The summed E-state index contributed by atoms with van der Waals surface area (Å²) in [6, 6.07) is 16.8. The van der Waals surface area contributed by atoms with Gasteiger partial charge >= 0.3 is 0 Å². The average Bonchev–Trinajstić information content (AvgIpc) is 2.75. The van der Waals surface area contributed by atoms with Gasteiger partial charge in [-0.2, -0.15) is 0 Å². The molecule has 0 saturated carbocycles. The molecule has 0 radical (unpaired) electrons. The fraction of sp³-hybridized carbons (Fsp3) is 0.435. The highest BCUT2D eigenvalue weighted by atomic mass is 35.5. The molecule has 0 aromatic heterocycles. The van der Waals surface area contributed by atoms with Crippen LogP contribution in [0.2, 0.25) is 0 Å². The van der Waals surface area contributed by atoms with Crippen LogP contribution in [0, 0.1) is 5.82 Å². The van der Waals surface area contributed by atoms with Crippen molar-refractivity contribution < 1.29 is 13.9 Å². The second-order valence-electron chi connectivity index (χ2n) is 7.78. The van der Waals surface area contributed by atoms with Gasteiger partial charge in [0.1, 0.15) is 5.82 Å². The summed E-state index contributed by atoms with van der Waals surface area (Å²) in [6.45, 7) is 5.15. The van der Waals surface area contributed by atoms with E-state index < -0.39 is 0 Å². The molecule has 2 heterocycles. The van der Waals surface area contributed by atoms with Gasteiger partial charge in [0.2, 0.25) is 5.91 Å². The monoisotopic (exact) mass is 469 g/mol. The lowest BCUT2D eigenvalue weighted by Gasteiger charge is -2.38. The summed E-state index contributed by atoms with van der Waals surface area (Å²) >= 11 is 0. The van der Waals surface area contributed by atoms with Crippen LogP contribution in [0.4, 0.5) is 4.39 Å². The Hall–Kier alpha value is -1.70. The summed E-state index contributed by atoms with van der Waals surface area (Å²) in [4.78, 5) is 17.3. The number of carbonyl (C=O) groups is 1. The molecule has 8 heteroatoms. The number of halogens is 3. The van der Waals surface area contributed by atoms with Gasteiger partial charge in [0.25, 0.3) is 0 Å². The molecule has 4 rings (SSSR count). The Morgan fingerprint density at radius 3 is 2.68 bits per heavy atom. The van der Waals surface area contributed by atoms with Crippen molar-refractivity contribution in [2.75, 3.05) is 39.3 Å². The molecule has 1 N–H and O–H groups in total. The summed E-state index contributed by atoms with van der Waals surface area (Å²) in [5.41, 5.74) is 2.11. The summed E-state index contributed by atoms with van der Waals surface area (Å²) < 4.78 is 19.6. The predicted octanol–water partition coefficient (Wildman–Crippen LogP) is 3.43. The lowest BCUT2D eigenvalue weighted by Crippen LogP contribution is -2.50. The molecule has 1 amide bonds. The SMILES string of the molecule is Cl.Cl.O=C(CC1CN(Cc2ccccc2)CCO1)N1CCNCC1c1cccc(F)c1. The third kappa shape index (κ3) is 6.89. The number of piperazine rings is 1. The van der Waals surface area contributed by atoms with E-state index in [-0.39, 0.29) is 48.7 Å². The standard InChI is InChI=1S/C23H28FN3O2.2ClH/c24-20-8-4-7-19(13-20)22-15-25-9-10-27(22)23(28)14-21-17-26(11-12-29-21)16-18-5-2-1-3-6-18;;/h1-8,13,21-22,25H,9-12,14-17H2;2*1H. The molecule has 5 nitrogen and oxygen atoms in total. The average molecular weight is 470 g/mol. The number of morpholine rings is 1. The Morgan fingerprint density at radius 2 is 1.90 bits per heavy atom. The number of nitrogens with zero attached hydrogens (tertiary/aromatic N) is 2. The van der Waals surface area contributed by atoms with Crippen molar-refractivity contribution in [2.45, 2.75) is 25.1 Å². The quantitative estimate of drug-likeness (QED) is 0.728. The van der Waals surface area contributed by atoms with Gasteiger partial charge < -0.3 is 15.0 Å². The lowest BCUT2D eigenvalue weighted by molar-refractivity contribution is -0.139. The molecule has 0 aliphatic carbocycles. The minimum atomic E-state index is -0.271. The van der Waals surface area contributed by atoms with E-state index >= 15 is 0 Å². The van der Waals surface area contributed by atoms with Crippen molar-refractivity contribution in [2.24, 2.45) is 0 Å². The molecule has 2 aliphatic heterocycles. The van der Waals surface area contributed by atoms with Crippen LogP contribution in [0.15, 0.2) is 54.6 Å². The first-order valence-electron chi connectivity index (χ1n) is 10.3. The second kappa shape index (κ2) is 12.4. The van der Waals surface area contributed by atoms with Crippen LogP contribution in [0.25, 0.3) is 0 Å². The predicted molar refractivity (Wildman–Crippen MR) is 124 cm³/mol. The smallest absolute Gasteiger partial charge is 0.225 e. The largest absolute Gasteiger partial charge is 0.375 e. The molecule has 2 atom stereocenters. The van der Waals surface area contributed by atoms with Crippen LogP contribution in [0.5, 0.6) is 0 Å². The first-order valence-corrected chi connectivity index (χ1v) is 10.3. The van der Waals surface area contributed by atoms with Gasteiger partial charge in [0.05, 0.1) is 25.2 Å². The van der Waals surface area contributed by atoms with Crippen LogP contribution in [0.3, 0.4) is 0 Å². The molecular weight excluding hydrogens is 440 g/mol. The number of amides is 1. The minimum Gasteiger partial charge on any atom is -0.375 e. The topological polar surface area (TPSA) is 44.8 Å². The molecular formula is C23H30Cl2FN3O2. The van der Waals surface area contributed by atoms with E-state index in [9.17, 15) is 9.18 Å². The number of rotatable bonds is 5. The molecule has 31 heavy (non-hydrogen) atoms. The summed E-state index contributed by atoms with van der Waals surface area (Å²) in [6.07, 6.45) is 0.250. The fourth-order valence-electron chi connectivity index (χ4n) is 4.22. The molecule has 2 aromatic carbocycles. The van der Waals surface area contributed by atoms with Crippen molar-refractivity contribution in [3.05, 3.63) is 71.5 Å². The number of ether oxygens (including phenoxy) is 1. The van der Waals surface area contributed by atoms with Gasteiger partial charge in [-0.05, 0) is 23.3 Å². The highest BCUT2D eigenvalue weighted by Gasteiger charge is 2.31. The molecule has 170 valence electrons. The van der Waals surface area contributed by atoms with Crippen LogP contribution in [0.1, 0.15) is 23.6 Å². The summed E-state index contributed by atoms with van der Waals surface area (Å²) in [7, 11) is 0. The van der Waals surface area contributed by atoms with Crippen molar-refractivity contribution in [1.29, 1.82) is 0 Å². The Bertz CT molecular complexity index is 827. The molecule has 2 aliphatic rings. The number of hydrogen-bond donors (Lipinski definition) is 1. The Balaban J connectivity index is 0.00000171. The highest BCUT2D eigenvalue weighted by Crippen LogP contribution is 2.25. The van der Waals surface area contributed by atoms with Crippen molar-refractivity contribution in [3.63, 3.8) is 0 Å². The van der Waals surface area contributed by atoms with Crippen LogP contribution in [-0.2, 0) is 16.1 Å². The van der Waals surface area contributed by atoms with E-state index in [4.69, 9.17) is 4.74 Å². The Labute approximate surface area is 195 Å². The third-order valence-corrected chi connectivity index (χ3v) is 5.67. The lowest BCUT2D eigenvalue weighted by atomic mass is 10.0. The zero-order valence-electron chi connectivity index (χ0n) is 17.4. The second-order valence-corrected chi connectivity index (χ2v) is 7.78. The summed E-state index contributed by atoms with van der Waals surface area (Å²) in [5, 5.41) is 3.32. The number of hydrogen-bond acceptors (Lipinski definition) is 4. The zero-order chi connectivity index (χ0) is 20.1. The van der Waals surface area contributed by atoms with Gasteiger partial charge in [-0.1, -0.05) is 42.5 Å². The van der Waals surface area contributed by atoms with E-state index in [1.807, 2.05) is 29.2 Å². The molecule has 0 spiro atoms. The zero-order valence-corrected chi connectivity index (χ0v) is 19.0. The van der Waals surface area contributed by atoms with Crippen molar-refractivity contribution >= 4 is 30.7 Å². The fourth-order valence-corrected chi connectivity index (χ4v) is 4.22. The first kappa shape index (κ1) is 25.6. The van der Waals surface area contributed by atoms with E-state index in [1.165, 1.54) is 17.7 Å². The van der Waals surface area contributed by atoms with Crippen LogP contribution in [-0.4, -0.2) is 61.1 Å². The first-order chi connectivity index (χ1) is 14.2. The van der Waals surface area contributed by atoms with E-state index in [0.29, 0.717) is 26.1 Å². The Kier molecular flexibility index (Phi) is 10.2. The highest BCUT2D eigenvalue weighted by molar-refractivity contribution is 5.85. The maximum Gasteiger partial charge on any atom is 0.225 e. The maximum atomic E-state index is 13.7. The summed E-state index contributed by atoms with van der Waals surface area (Å²) in [5.74, 6) is -0.194. The van der Waals surface area contributed by atoms with Gasteiger partial charge in [0, 0.05) is 39.3 Å². The van der Waals surface area contributed by atoms with E-state index in [1.54, 1.807) is 6.07 Å². The van der Waals surface area contributed by atoms with Crippen molar-refractivity contribution in [1.82, 2.24) is 15.1 Å². The maximum absolute atomic E-state index is 13.7. The van der Waals surface area contributed by atoms with Gasteiger partial charge in [-0.3, -0.25) is 9.69 Å². The minimum absolute atomic E-state index is 0. The number of carbonyl (C=O) groups excluding carboxylic acids is 1. The molecule has 2 saturated heterocycles. The molecule has 2 unspecified atom stereocenters. The van der Waals surface area contributed by atoms with Gasteiger partial charge in [0.15, 0.2) is 0 Å². The van der Waals surface area contributed by atoms with Crippen LogP contribution >= 0.6 is 24.8 Å². The third-order valence-electron chi connectivity index (χ3n) is 5.67. The number of nitrogens with one attached hydrogen (secondary N) is 1. The molecule has 0 bridgehead atoms. The van der Waals surface area contributed by atoms with Crippen molar-refractivity contribution in [3.8, 4) is 0 Å². The van der Waals surface area contributed by atoms with E-state index in [0.717, 1.165) is 31.7 Å².